The van der Waals surface area contributed by atoms with Crippen LogP contribution in [-0.2, 0) is 6.42 Å². The zero-order valence-electron chi connectivity index (χ0n) is 14.7. The van der Waals surface area contributed by atoms with Gasteiger partial charge >= 0.3 is 0 Å². The summed E-state index contributed by atoms with van der Waals surface area (Å²) in [6.07, 6.45) is 6.58. The highest BCUT2D eigenvalue weighted by molar-refractivity contribution is 5.99. The molecule has 0 unspecified atom stereocenters. The van der Waals surface area contributed by atoms with Gasteiger partial charge in [-0.1, -0.05) is 61.9 Å². The first-order valence-electron chi connectivity index (χ1n) is 8.87. The lowest BCUT2D eigenvalue weighted by atomic mass is 10.1. The van der Waals surface area contributed by atoms with Crippen LogP contribution in [0, 0.1) is 0 Å². The molecule has 0 atom stereocenters. The average Bonchev–Trinajstić information content (AvgIpc) is 3.29. The van der Waals surface area contributed by atoms with Crippen LogP contribution in [0.15, 0.2) is 70.4 Å². The maximum Gasteiger partial charge on any atom is 0.184 e. The molecule has 0 aliphatic rings. The van der Waals surface area contributed by atoms with Crippen molar-refractivity contribution in [2.75, 3.05) is 0 Å². The van der Waals surface area contributed by atoms with Gasteiger partial charge < -0.3 is 4.42 Å². The standard InChI is InChI=1S/C21H20N4O/c1-2-3-12-20-18(17-11-7-8-13-19(17)26-20)14-23-25-15-22-24-21(25)16-9-5-4-6-10-16/h4-11,13-15H,2-3,12H2,1H3/b23-14-. The van der Waals surface area contributed by atoms with Crippen LogP contribution in [-0.4, -0.2) is 21.1 Å². The largest absolute Gasteiger partial charge is 0.460 e. The fourth-order valence-electron chi connectivity index (χ4n) is 2.99. The molecule has 130 valence electrons. The molecule has 2 heterocycles. The summed E-state index contributed by atoms with van der Waals surface area (Å²) in [7, 11) is 0. The second-order valence-electron chi connectivity index (χ2n) is 6.15. The summed E-state index contributed by atoms with van der Waals surface area (Å²) >= 11 is 0. The van der Waals surface area contributed by atoms with E-state index in [0.29, 0.717) is 5.82 Å². The van der Waals surface area contributed by atoms with Gasteiger partial charge in [0.15, 0.2) is 5.82 Å². The van der Waals surface area contributed by atoms with Gasteiger partial charge in [0, 0.05) is 22.9 Å². The van der Waals surface area contributed by atoms with Crippen molar-refractivity contribution < 1.29 is 4.42 Å². The van der Waals surface area contributed by atoms with Crippen LogP contribution in [0.25, 0.3) is 22.4 Å². The third kappa shape index (κ3) is 3.16. The number of nitrogens with zero attached hydrogens (tertiary/aromatic N) is 4. The van der Waals surface area contributed by atoms with E-state index in [1.807, 2.05) is 54.7 Å². The molecule has 0 radical (unpaired) electrons. The number of para-hydroxylation sites is 1. The fourth-order valence-corrected chi connectivity index (χ4v) is 2.99. The normalized spacial score (nSPS) is 11.6. The number of aryl methyl sites for hydroxylation is 1. The van der Waals surface area contributed by atoms with Crippen LogP contribution in [0.3, 0.4) is 0 Å². The zero-order chi connectivity index (χ0) is 17.8. The molecule has 0 N–H and O–H groups in total. The molecule has 0 bridgehead atoms. The van der Waals surface area contributed by atoms with Gasteiger partial charge in [0.2, 0.25) is 0 Å². The van der Waals surface area contributed by atoms with Gasteiger partial charge in [-0.2, -0.15) is 9.78 Å². The Morgan fingerprint density at radius 1 is 1.08 bits per heavy atom. The molecule has 26 heavy (non-hydrogen) atoms. The van der Waals surface area contributed by atoms with Crippen LogP contribution in [0.2, 0.25) is 0 Å². The van der Waals surface area contributed by atoms with Crippen LogP contribution in [0.1, 0.15) is 31.1 Å². The second-order valence-corrected chi connectivity index (χ2v) is 6.15. The summed E-state index contributed by atoms with van der Waals surface area (Å²) in [6.45, 7) is 2.18. The molecule has 4 aromatic rings. The molecule has 0 aliphatic carbocycles. The maximum absolute atomic E-state index is 6.05. The van der Waals surface area contributed by atoms with Gasteiger partial charge in [0.1, 0.15) is 17.7 Å². The highest BCUT2D eigenvalue weighted by Crippen LogP contribution is 2.26. The van der Waals surface area contributed by atoms with Gasteiger partial charge in [-0.05, 0) is 12.5 Å². The fraction of sp³-hybridized carbons (Fsp3) is 0.190. The molecule has 2 aromatic heterocycles. The topological polar surface area (TPSA) is 56.2 Å². The first-order chi connectivity index (χ1) is 12.9. The predicted molar refractivity (Wildman–Crippen MR) is 103 cm³/mol. The molecular weight excluding hydrogens is 324 g/mol. The molecule has 2 aromatic carbocycles. The molecule has 0 amide bonds. The third-order valence-corrected chi connectivity index (χ3v) is 4.34. The number of furan rings is 1. The maximum atomic E-state index is 6.05. The van der Waals surface area contributed by atoms with E-state index in [9.17, 15) is 0 Å². The minimum absolute atomic E-state index is 0.713. The summed E-state index contributed by atoms with van der Waals surface area (Å²) in [5.41, 5.74) is 2.90. The molecule has 4 rings (SSSR count). The Balaban J connectivity index is 1.73. The Labute approximate surface area is 152 Å². The van der Waals surface area contributed by atoms with Crippen molar-refractivity contribution in [1.82, 2.24) is 14.9 Å². The minimum Gasteiger partial charge on any atom is -0.460 e. The van der Waals surface area contributed by atoms with Crippen molar-refractivity contribution >= 4 is 17.2 Å². The molecule has 5 heteroatoms. The number of rotatable bonds is 6. The summed E-state index contributed by atoms with van der Waals surface area (Å²) < 4.78 is 7.75. The van der Waals surface area contributed by atoms with Crippen molar-refractivity contribution in [3.63, 3.8) is 0 Å². The Kier molecular flexibility index (Phi) is 4.60. The highest BCUT2D eigenvalue weighted by atomic mass is 16.3. The minimum atomic E-state index is 0.713. The van der Waals surface area contributed by atoms with Gasteiger partial charge in [-0.3, -0.25) is 0 Å². The van der Waals surface area contributed by atoms with Crippen molar-refractivity contribution in [3.05, 3.63) is 72.2 Å². The van der Waals surface area contributed by atoms with E-state index in [2.05, 4.69) is 28.3 Å². The lowest BCUT2D eigenvalue weighted by Gasteiger charge is -2.01. The van der Waals surface area contributed by atoms with Gasteiger partial charge in [-0.15, -0.1) is 10.2 Å². The number of unbranched alkanes of at least 4 members (excludes halogenated alkanes) is 1. The third-order valence-electron chi connectivity index (χ3n) is 4.34. The van der Waals surface area contributed by atoms with Crippen LogP contribution >= 0.6 is 0 Å². The van der Waals surface area contributed by atoms with E-state index in [1.165, 1.54) is 0 Å². The number of hydrogen-bond acceptors (Lipinski definition) is 4. The van der Waals surface area contributed by atoms with Gasteiger partial charge in [0.25, 0.3) is 0 Å². The Bertz CT molecular complexity index is 1030. The predicted octanol–water partition coefficient (Wildman–Crippen LogP) is 4.92. The molecule has 0 saturated carbocycles. The van der Waals surface area contributed by atoms with E-state index in [1.54, 1.807) is 11.0 Å². The Morgan fingerprint density at radius 3 is 2.73 bits per heavy atom. The average molecular weight is 344 g/mol. The first kappa shape index (κ1) is 16.3. The molecule has 5 nitrogen and oxygen atoms in total. The highest BCUT2D eigenvalue weighted by Gasteiger charge is 2.12. The number of hydrogen-bond donors (Lipinski definition) is 0. The van der Waals surface area contributed by atoms with Gasteiger partial charge in [0.05, 0.1) is 6.21 Å². The van der Waals surface area contributed by atoms with E-state index in [4.69, 9.17) is 4.42 Å². The lowest BCUT2D eigenvalue weighted by molar-refractivity contribution is 0.536. The van der Waals surface area contributed by atoms with Crippen LogP contribution < -0.4 is 0 Å². The second kappa shape index (κ2) is 7.35. The number of benzene rings is 2. The Morgan fingerprint density at radius 2 is 1.88 bits per heavy atom. The molecular formula is C21H20N4O. The SMILES string of the molecule is CCCCc1oc2ccccc2c1/C=N\n1cnnc1-c1ccccc1. The van der Waals surface area contributed by atoms with E-state index in [-0.39, 0.29) is 0 Å². The summed E-state index contributed by atoms with van der Waals surface area (Å²) in [4.78, 5) is 0. The van der Waals surface area contributed by atoms with Crippen molar-refractivity contribution in [2.24, 2.45) is 5.10 Å². The molecule has 0 spiro atoms. The summed E-state index contributed by atoms with van der Waals surface area (Å²) in [5.74, 6) is 1.69. The summed E-state index contributed by atoms with van der Waals surface area (Å²) in [6, 6.07) is 18.0. The van der Waals surface area contributed by atoms with Crippen LogP contribution in [0.5, 0.6) is 0 Å². The Hall–Kier alpha value is -3.21. The van der Waals surface area contributed by atoms with E-state index in [0.717, 1.165) is 47.1 Å². The molecule has 0 fully saturated rings. The zero-order valence-corrected chi connectivity index (χ0v) is 14.7. The van der Waals surface area contributed by atoms with Crippen molar-refractivity contribution in [3.8, 4) is 11.4 Å². The number of aromatic nitrogens is 3. The van der Waals surface area contributed by atoms with Crippen molar-refractivity contribution in [2.45, 2.75) is 26.2 Å². The van der Waals surface area contributed by atoms with Crippen molar-refractivity contribution in [1.29, 1.82) is 0 Å². The number of fused-ring (bicyclic) bond motifs is 1. The quantitative estimate of drug-likeness (QED) is 0.467. The van der Waals surface area contributed by atoms with Gasteiger partial charge in [-0.25, -0.2) is 0 Å². The first-order valence-corrected chi connectivity index (χ1v) is 8.87. The van der Waals surface area contributed by atoms with E-state index >= 15 is 0 Å². The monoisotopic (exact) mass is 344 g/mol. The molecule has 0 aliphatic heterocycles. The summed E-state index contributed by atoms with van der Waals surface area (Å²) in [5, 5.41) is 13.9. The lowest BCUT2D eigenvalue weighted by Crippen LogP contribution is -1.95. The van der Waals surface area contributed by atoms with Crippen LogP contribution in [0.4, 0.5) is 0 Å². The van der Waals surface area contributed by atoms with E-state index < -0.39 is 0 Å². The molecule has 0 saturated heterocycles. The smallest absolute Gasteiger partial charge is 0.184 e.